The minimum atomic E-state index is -0.128. The molecule has 0 unspecified atom stereocenters. The average molecular weight is 433 g/mol. The van der Waals surface area contributed by atoms with E-state index in [1.54, 1.807) is 18.2 Å². The Labute approximate surface area is 163 Å². The number of nitrogens with one attached hydrogen (secondary N) is 2. The van der Waals surface area contributed by atoms with Crippen molar-refractivity contribution in [2.45, 2.75) is 19.0 Å². The number of hydrogen-bond acceptors (Lipinski definition) is 5. The van der Waals surface area contributed by atoms with Crippen molar-refractivity contribution in [3.05, 3.63) is 52.0 Å². The molecule has 0 bridgehead atoms. The van der Waals surface area contributed by atoms with Gasteiger partial charge in [0.25, 0.3) is 0 Å². The fourth-order valence-electron chi connectivity index (χ4n) is 2.50. The van der Waals surface area contributed by atoms with Crippen LogP contribution in [0.4, 0.5) is 5.69 Å². The number of phenolic OH excluding ortho intramolecular Hbond substituents is 1. The molecule has 3 rings (SSSR count). The molecule has 1 heterocycles. The van der Waals surface area contributed by atoms with Crippen molar-refractivity contribution in [1.82, 2.24) is 15.2 Å². The number of anilines is 1. The second-order valence-corrected chi connectivity index (χ2v) is 7.70. The van der Waals surface area contributed by atoms with Crippen molar-refractivity contribution in [2.75, 3.05) is 11.1 Å². The smallest absolute Gasteiger partial charge is 0.234 e. The lowest BCUT2D eigenvalue weighted by Gasteiger charge is -2.06. The molecular formula is C18H17BrN4O2S. The highest BCUT2D eigenvalue weighted by atomic mass is 79.9. The van der Waals surface area contributed by atoms with Gasteiger partial charge in [0.1, 0.15) is 5.75 Å². The lowest BCUT2D eigenvalue weighted by Crippen LogP contribution is -2.14. The van der Waals surface area contributed by atoms with Crippen molar-refractivity contribution in [3.63, 3.8) is 0 Å². The molecule has 8 heteroatoms. The normalized spacial score (nSPS) is 10.7. The average Bonchev–Trinajstić information content (AvgIpc) is 3.03. The Morgan fingerprint density at radius 3 is 2.69 bits per heavy atom. The standard InChI is InChI=1S/C18H17BrN4O2S/c1-10-5-11(2)7-13(6-10)20-16(25)9-26-18-21-17(22-23-18)14-8-12(19)3-4-15(14)24/h3-8,24H,9H2,1-2H3,(H,20,25)(H,21,22,23). The number of aromatic hydroxyl groups is 1. The number of rotatable bonds is 5. The highest BCUT2D eigenvalue weighted by Crippen LogP contribution is 2.30. The first-order valence-electron chi connectivity index (χ1n) is 7.83. The summed E-state index contributed by atoms with van der Waals surface area (Å²) in [4.78, 5) is 16.5. The van der Waals surface area contributed by atoms with Crippen LogP contribution in [-0.2, 0) is 4.79 Å². The van der Waals surface area contributed by atoms with E-state index >= 15 is 0 Å². The van der Waals surface area contributed by atoms with Crippen LogP contribution in [0.3, 0.4) is 0 Å². The predicted octanol–water partition coefficient (Wildman–Crippen LogP) is 4.29. The third-order valence-electron chi connectivity index (χ3n) is 3.52. The monoisotopic (exact) mass is 432 g/mol. The summed E-state index contributed by atoms with van der Waals surface area (Å²) in [5, 5.41) is 20.1. The molecule has 0 saturated carbocycles. The van der Waals surface area contributed by atoms with Gasteiger partial charge in [0, 0.05) is 10.2 Å². The molecule has 3 N–H and O–H groups in total. The van der Waals surface area contributed by atoms with E-state index in [2.05, 4.69) is 42.5 Å². The molecule has 0 aliphatic heterocycles. The summed E-state index contributed by atoms with van der Waals surface area (Å²) in [5.41, 5.74) is 3.52. The SMILES string of the molecule is Cc1cc(C)cc(NC(=O)CSc2n[nH]c(-c3cc(Br)ccc3O)n2)c1. The van der Waals surface area contributed by atoms with Crippen molar-refractivity contribution < 1.29 is 9.90 Å². The molecule has 1 aromatic heterocycles. The number of nitrogens with zero attached hydrogens (tertiary/aromatic N) is 2. The van der Waals surface area contributed by atoms with Crippen LogP contribution in [0.25, 0.3) is 11.4 Å². The number of carbonyl (C=O) groups excluding carboxylic acids is 1. The summed E-state index contributed by atoms with van der Waals surface area (Å²) in [6.45, 7) is 3.98. The van der Waals surface area contributed by atoms with Crippen LogP contribution < -0.4 is 5.32 Å². The van der Waals surface area contributed by atoms with E-state index in [-0.39, 0.29) is 17.4 Å². The van der Waals surface area contributed by atoms with Gasteiger partial charge in [0.05, 0.1) is 11.3 Å². The second-order valence-electron chi connectivity index (χ2n) is 5.84. The number of hydrogen-bond donors (Lipinski definition) is 3. The molecule has 0 atom stereocenters. The molecule has 2 aromatic carbocycles. The van der Waals surface area contributed by atoms with Crippen LogP contribution >= 0.6 is 27.7 Å². The summed E-state index contributed by atoms with van der Waals surface area (Å²) >= 11 is 4.58. The molecule has 26 heavy (non-hydrogen) atoms. The van der Waals surface area contributed by atoms with Gasteiger partial charge in [-0.3, -0.25) is 9.89 Å². The highest BCUT2D eigenvalue weighted by Gasteiger charge is 2.12. The number of benzene rings is 2. The Kier molecular flexibility index (Phi) is 5.63. The zero-order chi connectivity index (χ0) is 18.7. The molecule has 134 valence electrons. The van der Waals surface area contributed by atoms with Crippen LogP contribution in [-0.4, -0.2) is 31.9 Å². The van der Waals surface area contributed by atoms with Gasteiger partial charge >= 0.3 is 0 Å². The summed E-state index contributed by atoms with van der Waals surface area (Å²) in [5.74, 6) is 0.612. The van der Waals surface area contributed by atoms with Crippen LogP contribution in [0.2, 0.25) is 0 Å². The Balaban J connectivity index is 1.62. The molecular weight excluding hydrogens is 416 g/mol. The van der Waals surface area contributed by atoms with Crippen LogP contribution in [0.15, 0.2) is 46.0 Å². The second kappa shape index (κ2) is 7.92. The van der Waals surface area contributed by atoms with Crippen molar-refractivity contribution in [3.8, 4) is 17.1 Å². The van der Waals surface area contributed by atoms with Gasteiger partial charge in [-0.15, -0.1) is 5.10 Å². The molecule has 0 spiro atoms. The third kappa shape index (κ3) is 4.64. The molecule has 1 amide bonds. The van der Waals surface area contributed by atoms with E-state index in [1.165, 1.54) is 11.8 Å². The summed E-state index contributed by atoms with van der Waals surface area (Å²) in [6.07, 6.45) is 0. The Morgan fingerprint density at radius 1 is 1.23 bits per heavy atom. The van der Waals surface area contributed by atoms with E-state index < -0.39 is 0 Å². The number of H-pyrrole nitrogens is 1. The summed E-state index contributed by atoms with van der Waals surface area (Å²) < 4.78 is 0.823. The van der Waals surface area contributed by atoms with Gasteiger partial charge in [-0.25, -0.2) is 4.98 Å². The number of carbonyl (C=O) groups is 1. The van der Waals surface area contributed by atoms with Gasteiger partial charge in [-0.2, -0.15) is 0 Å². The topological polar surface area (TPSA) is 90.9 Å². The number of halogens is 1. The van der Waals surface area contributed by atoms with E-state index in [9.17, 15) is 9.90 Å². The van der Waals surface area contributed by atoms with Crippen molar-refractivity contribution in [2.24, 2.45) is 0 Å². The first-order chi connectivity index (χ1) is 12.4. The van der Waals surface area contributed by atoms with Crippen molar-refractivity contribution in [1.29, 1.82) is 0 Å². The molecule has 0 fully saturated rings. The number of thioether (sulfide) groups is 1. The molecule has 0 saturated heterocycles. The maximum atomic E-state index is 12.1. The maximum absolute atomic E-state index is 12.1. The minimum Gasteiger partial charge on any atom is -0.507 e. The third-order valence-corrected chi connectivity index (χ3v) is 4.86. The predicted molar refractivity (Wildman–Crippen MR) is 106 cm³/mol. The number of phenols is 1. The van der Waals surface area contributed by atoms with E-state index in [0.29, 0.717) is 16.5 Å². The van der Waals surface area contributed by atoms with Crippen molar-refractivity contribution >= 4 is 39.3 Å². The molecule has 0 radical (unpaired) electrons. The van der Waals surface area contributed by atoms with E-state index in [4.69, 9.17) is 0 Å². The van der Waals surface area contributed by atoms with Gasteiger partial charge in [-0.1, -0.05) is 33.8 Å². The fraction of sp³-hybridized carbons (Fsp3) is 0.167. The zero-order valence-corrected chi connectivity index (χ0v) is 16.6. The highest BCUT2D eigenvalue weighted by molar-refractivity contribution is 9.10. The molecule has 6 nitrogen and oxygen atoms in total. The number of amides is 1. The van der Waals surface area contributed by atoms with E-state index in [1.807, 2.05) is 26.0 Å². The Hall–Kier alpha value is -2.32. The molecule has 3 aromatic rings. The van der Waals surface area contributed by atoms with Gasteiger partial charge in [0.2, 0.25) is 11.1 Å². The minimum absolute atomic E-state index is 0.105. The van der Waals surface area contributed by atoms with Crippen LogP contribution in [0, 0.1) is 13.8 Å². The molecule has 0 aliphatic rings. The van der Waals surface area contributed by atoms with Gasteiger partial charge in [-0.05, 0) is 55.3 Å². The number of aryl methyl sites for hydroxylation is 2. The number of aromatic nitrogens is 3. The lowest BCUT2D eigenvalue weighted by molar-refractivity contribution is -0.113. The van der Waals surface area contributed by atoms with Crippen LogP contribution in [0.5, 0.6) is 5.75 Å². The first-order valence-corrected chi connectivity index (χ1v) is 9.61. The van der Waals surface area contributed by atoms with Gasteiger partial charge < -0.3 is 10.4 Å². The molecule has 0 aliphatic carbocycles. The lowest BCUT2D eigenvalue weighted by atomic mass is 10.1. The quantitative estimate of drug-likeness (QED) is 0.523. The zero-order valence-electron chi connectivity index (χ0n) is 14.2. The summed E-state index contributed by atoms with van der Waals surface area (Å²) in [6, 6.07) is 11.0. The largest absolute Gasteiger partial charge is 0.507 e. The fourth-order valence-corrected chi connectivity index (χ4v) is 3.46. The first kappa shape index (κ1) is 18.5. The maximum Gasteiger partial charge on any atom is 0.234 e. The summed E-state index contributed by atoms with van der Waals surface area (Å²) in [7, 11) is 0. The van der Waals surface area contributed by atoms with Crippen LogP contribution in [0.1, 0.15) is 11.1 Å². The Morgan fingerprint density at radius 2 is 1.96 bits per heavy atom. The Bertz CT molecular complexity index is 938. The van der Waals surface area contributed by atoms with E-state index in [0.717, 1.165) is 21.3 Å². The van der Waals surface area contributed by atoms with Gasteiger partial charge in [0.15, 0.2) is 5.82 Å². The number of aromatic amines is 1.